The molecule has 1 amide bonds. The lowest BCUT2D eigenvalue weighted by Crippen LogP contribution is -2.49. The predicted octanol–water partition coefficient (Wildman–Crippen LogP) is 1.87. The quantitative estimate of drug-likeness (QED) is 0.834. The molecule has 1 aromatic rings. The summed E-state index contributed by atoms with van der Waals surface area (Å²) in [6.45, 7) is 1.84. The lowest BCUT2D eigenvalue weighted by atomic mass is 10.2. The molecule has 10 heteroatoms. The van der Waals surface area contributed by atoms with E-state index in [2.05, 4.69) is 10.3 Å². The Morgan fingerprint density at radius 2 is 1.96 bits per heavy atom. The zero-order valence-electron chi connectivity index (χ0n) is 14.2. The van der Waals surface area contributed by atoms with Crippen molar-refractivity contribution < 1.29 is 23.1 Å². The Labute approximate surface area is 144 Å². The zero-order chi connectivity index (χ0) is 18.6. The minimum Gasteiger partial charge on any atom is -0.465 e. The number of carboxylic acid groups (broad SMARTS) is 1. The van der Waals surface area contributed by atoms with Crippen LogP contribution in [0.3, 0.4) is 0 Å². The Morgan fingerprint density at radius 3 is 2.48 bits per heavy atom. The number of hydrogen-bond acceptors (Lipinski definition) is 5. The van der Waals surface area contributed by atoms with Crippen LogP contribution < -0.4 is 10.2 Å². The maximum absolute atomic E-state index is 13.4. The summed E-state index contributed by atoms with van der Waals surface area (Å²) in [5.41, 5.74) is -0.506. The summed E-state index contributed by atoms with van der Waals surface area (Å²) in [5, 5.41) is 11.9. The molecule has 0 aliphatic carbocycles. The second-order valence-corrected chi connectivity index (χ2v) is 6.08. The van der Waals surface area contributed by atoms with Crippen molar-refractivity contribution in [2.45, 2.75) is 6.18 Å². The van der Waals surface area contributed by atoms with Crippen molar-refractivity contribution in [3.63, 3.8) is 0 Å². The van der Waals surface area contributed by atoms with E-state index >= 15 is 0 Å². The average Bonchev–Trinajstić information content (AvgIpc) is 2.54. The van der Waals surface area contributed by atoms with Crippen molar-refractivity contribution >= 4 is 17.6 Å². The molecule has 0 unspecified atom stereocenters. The third kappa shape index (κ3) is 5.12. The van der Waals surface area contributed by atoms with Gasteiger partial charge in [-0.1, -0.05) is 0 Å². The maximum atomic E-state index is 13.4. The molecule has 0 aromatic carbocycles. The van der Waals surface area contributed by atoms with Gasteiger partial charge in [0.25, 0.3) is 0 Å². The fraction of sp³-hybridized carbons (Fsp3) is 0.600. The van der Waals surface area contributed by atoms with Crippen LogP contribution in [0.25, 0.3) is 0 Å². The molecule has 0 saturated carbocycles. The van der Waals surface area contributed by atoms with Crippen LogP contribution in [0.5, 0.6) is 0 Å². The third-order valence-electron chi connectivity index (χ3n) is 3.91. The average molecular weight is 361 g/mol. The highest BCUT2D eigenvalue weighted by molar-refractivity contribution is 5.65. The van der Waals surface area contributed by atoms with Crippen molar-refractivity contribution in [2.75, 3.05) is 63.6 Å². The fourth-order valence-electron chi connectivity index (χ4n) is 2.55. The van der Waals surface area contributed by atoms with Gasteiger partial charge in [-0.15, -0.1) is 0 Å². The van der Waals surface area contributed by atoms with E-state index in [1.54, 1.807) is 0 Å². The van der Waals surface area contributed by atoms with E-state index in [9.17, 15) is 18.0 Å². The highest BCUT2D eigenvalue weighted by atomic mass is 19.4. The van der Waals surface area contributed by atoms with Gasteiger partial charge in [-0.2, -0.15) is 13.2 Å². The van der Waals surface area contributed by atoms with Gasteiger partial charge in [0.15, 0.2) is 0 Å². The van der Waals surface area contributed by atoms with E-state index in [-0.39, 0.29) is 32.0 Å². The predicted molar refractivity (Wildman–Crippen MR) is 88.1 cm³/mol. The number of amides is 1. The first-order valence-electron chi connectivity index (χ1n) is 7.87. The van der Waals surface area contributed by atoms with E-state index in [0.29, 0.717) is 18.8 Å². The molecule has 0 atom stereocenters. The number of aromatic nitrogens is 1. The van der Waals surface area contributed by atoms with Crippen molar-refractivity contribution in [3.8, 4) is 0 Å². The van der Waals surface area contributed by atoms with E-state index in [1.165, 1.54) is 16.0 Å². The van der Waals surface area contributed by atoms with Crippen molar-refractivity contribution in [2.24, 2.45) is 0 Å². The summed E-state index contributed by atoms with van der Waals surface area (Å²) in [6, 6.07) is 1.06. The van der Waals surface area contributed by atoms with Crippen LogP contribution in [0, 0.1) is 0 Å². The molecule has 0 spiro atoms. The minimum absolute atomic E-state index is 0.150. The normalized spacial score (nSPS) is 15.6. The largest absolute Gasteiger partial charge is 0.465 e. The summed E-state index contributed by atoms with van der Waals surface area (Å²) >= 11 is 0. The Kier molecular flexibility index (Phi) is 5.93. The number of likely N-dealkylation sites (N-methyl/N-ethyl adjacent to an activating group) is 1. The molecule has 1 aliphatic rings. The van der Waals surface area contributed by atoms with Gasteiger partial charge in [0.1, 0.15) is 11.4 Å². The van der Waals surface area contributed by atoms with Crippen LogP contribution in [0.15, 0.2) is 12.3 Å². The van der Waals surface area contributed by atoms with Crippen molar-refractivity contribution in [3.05, 3.63) is 17.8 Å². The fourth-order valence-corrected chi connectivity index (χ4v) is 2.55. The van der Waals surface area contributed by atoms with Gasteiger partial charge in [-0.3, -0.25) is 0 Å². The Balaban J connectivity index is 2.16. The molecular formula is C15H22F3N5O2. The molecule has 1 aromatic heterocycles. The van der Waals surface area contributed by atoms with Gasteiger partial charge in [0, 0.05) is 39.3 Å². The zero-order valence-corrected chi connectivity index (χ0v) is 14.2. The molecule has 2 rings (SSSR count). The summed E-state index contributed by atoms with van der Waals surface area (Å²) in [4.78, 5) is 19.5. The maximum Gasteiger partial charge on any atom is 0.420 e. The van der Waals surface area contributed by atoms with Gasteiger partial charge in [0.05, 0.1) is 11.9 Å². The van der Waals surface area contributed by atoms with Crippen LogP contribution in [0.4, 0.5) is 29.5 Å². The van der Waals surface area contributed by atoms with Gasteiger partial charge >= 0.3 is 12.3 Å². The Morgan fingerprint density at radius 1 is 1.32 bits per heavy atom. The topological polar surface area (TPSA) is 71.9 Å². The number of anilines is 2. The van der Waals surface area contributed by atoms with Crippen LogP contribution in [-0.2, 0) is 6.18 Å². The van der Waals surface area contributed by atoms with Gasteiger partial charge < -0.3 is 25.1 Å². The van der Waals surface area contributed by atoms with Crippen LogP contribution in [0.2, 0.25) is 0 Å². The standard InChI is InChI=1S/C15H22F3N5O2/c1-21(2)4-3-19-11-9-12(15(16,17)18)13(20-10-11)22-5-7-23(8-6-22)14(24)25/h9-10,19H,3-8H2,1-2H3,(H,24,25). The van der Waals surface area contributed by atoms with Crippen molar-refractivity contribution in [1.82, 2.24) is 14.8 Å². The lowest BCUT2D eigenvalue weighted by molar-refractivity contribution is -0.137. The molecule has 140 valence electrons. The second-order valence-electron chi connectivity index (χ2n) is 6.08. The van der Waals surface area contributed by atoms with E-state index in [4.69, 9.17) is 5.11 Å². The van der Waals surface area contributed by atoms with E-state index < -0.39 is 17.8 Å². The molecule has 0 radical (unpaired) electrons. The number of hydrogen-bond donors (Lipinski definition) is 2. The molecule has 7 nitrogen and oxygen atoms in total. The molecule has 0 bridgehead atoms. The highest BCUT2D eigenvalue weighted by Gasteiger charge is 2.37. The lowest BCUT2D eigenvalue weighted by Gasteiger charge is -2.35. The smallest absolute Gasteiger partial charge is 0.420 e. The van der Waals surface area contributed by atoms with Crippen LogP contribution in [0.1, 0.15) is 5.56 Å². The number of nitrogens with one attached hydrogen (secondary N) is 1. The summed E-state index contributed by atoms with van der Waals surface area (Å²) < 4.78 is 40.3. The third-order valence-corrected chi connectivity index (χ3v) is 3.91. The van der Waals surface area contributed by atoms with Crippen molar-refractivity contribution in [1.29, 1.82) is 0 Å². The number of rotatable bonds is 5. The molecule has 25 heavy (non-hydrogen) atoms. The molecule has 2 heterocycles. The second kappa shape index (κ2) is 7.77. The number of piperazine rings is 1. The molecular weight excluding hydrogens is 339 g/mol. The van der Waals surface area contributed by atoms with Crippen LogP contribution in [-0.4, -0.2) is 79.3 Å². The first kappa shape index (κ1) is 19.1. The van der Waals surface area contributed by atoms with E-state index in [1.807, 2.05) is 19.0 Å². The van der Waals surface area contributed by atoms with Crippen LogP contribution >= 0.6 is 0 Å². The number of nitrogens with zero attached hydrogens (tertiary/aromatic N) is 4. The van der Waals surface area contributed by atoms with Gasteiger partial charge in [-0.05, 0) is 20.2 Å². The number of carbonyl (C=O) groups is 1. The summed E-state index contributed by atoms with van der Waals surface area (Å²) in [7, 11) is 3.75. The number of alkyl halides is 3. The highest BCUT2D eigenvalue weighted by Crippen LogP contribution is 2.37. The molecule has 1 fully saturated rings. The van der Waals surface area contributed by atoms with Gasteiger partial charge in [0.2, 0.25) is 0 Å². The summed E-state index contributed by atoms with van der Waals surface area (Å²) in [5.74, 6) is -0.157. The first-order valence-corrected chi connectivity index (χ1v) is 7.87. The monoisotopic (exact) mass is 361 g/mol. The molecule has 1 saturated heterocycles. The SMILES string of the molecule is CN(C)CCNc1cnc(N2CCN(C(=O)O)CC2)c(C(F)(F)F)c1. The minimum atomic E-state index is -4.54. The number of pyridine rings is 1. The Bertz CT molecular complexity index is 601. The number of halogens is 3. The first-order chi connectivity index (χ1) is 11.7. The summed E-state index contributed by atoms with van der Waals surface area (Å²) in [6.07, 6.45) is -4.22. The molecule has 2 N–H and O–H groups in total. The van der Waals surface area contributed by atoms with E-state index in [0.717, 1.165) is 6.07 Å². The molecule has 1 aliphatic heterocycles. The Hall–Kier alpha value is -2.23. The van der Waals surface area contributed by atoms with Gasteiger partial charge in [-0.25, -0.2) is 9.78 Å².